The minimum Gasteiger partial charge on any atom is -0.310 e. The van der Waals surface area contributed by atoms with Gasteiger partial charge in [0.15, 0.2) is 0 Å². The molecular formula is C19H34N2. The molecule has 1 N–H and O–H groups in total. The predicted molar refractivity (Wildman–Crippen MR) is 93.9 cm³/mol. The highest BCUT2D eigenvalue weighted by atomic mass is 15.1. The lowest BCUT2D eigenvalue weighted by Crippen LogP contribution is -2.31. The quantitative estimate of drug-likeness (QED) is 0.643. The average Bonchev–Trinajstić information content (AvgIpc) is 2.51. The van der Waals surface area contributed by atoms with Gasteiger partial charge in [-0.3, -0.25) is 0 Å². The van der Waals surface area contributed by atoms with Gasteiger partial charge >= 0.3 is 0 Å². The number of nitrogens with zero attached hydrogens (tertiary/aromatic N) is 1. The number of unbranched alkanes of at least 4 members (excludes halogenated alkanes) is 1. The minimum absolute atomic E-state index is 0.488. The van der Waals surface area contributed by atoms with E-state index in [0.29, 0.717) is 6.04 Å². The van der Waals surface area contributed by atoms with E-state index in [1.54, 1.807) is 0 Å². The number of aryl methyl sites for hydroxylation is 1. The number of hydrogen-bond acceptors (Lipinski definition) is 2. The van der Waals surface area contributed by atoms with Crippen LogP contribution in [0.15, 0.2) is 24.3 Å². The third-order valence-electron chi connectivity index (χ3n) is 4.21. The first-order valence-electron chi connectivity index (χ1n) is 8.74. The topological polar surface area (TPSA) is 15.3 Å². The summed E-state index contributed by atoms with van der Waals surface area (Å²) < 4.78 is 0. The summed E-state index contributed by atoms with van der Waals surface area (Å²) in [5.41, 5.74) is 2.88. The lowest BCUT2D eigenvalue weighted by molar-refractivity contribution is 0.264. The van der Waals surface area contributed by atoms with Crippen LogP contribution in [0.5, 0.6) is 0 Å². The van der Waals surface area contributed by atoms with Crippen molar-refractivity contribution in [2.75, 3.05) is 26.2 Å². The van der Waals surface area contributed by atoms with Crippen LogP contribution in [0.25, 0.3) is 0 Å². The molecule has 0 spiro atoms. The lowest BCUT2D eigenvalue weighted by atomic mass is 9.98. The van der Waals surface area contributed by atoms with Gasteiger partial charge in [0.25, 0.3) is 0 Å². The van der Waals surface area contributed by atoms with Crippen LogP contribution in [0.1, 0.15) is 63.6 Å². The molecule has 0 aliphatic carbocycles. The zero-order chi connectivity index (χ0) is 15.5. The highest BCUT2D eigenvalue weighted by molar-refractivity contribution is 5.28. The molecule has 1 aromatic carbocycles. The van der Waals surface area contributed by atoms with E-state index in [-0.39, 0.29) is 0 Å². The molecule has 0 fully saturated rings. The van der Waals surface area contributed by atoms with Crippen LogP contribution in [-0.4, -0.2) is 31.1 Å². The summed E-state index contributed by atoms with van der Waals surface area (Å²) in [5.74, 6) is 0. The SMILES string of the molecule is CCCCN(CC)CCC(NCCC)c1ccccc1C. The Morgan fingerprint density at radius 1 is 1.05 bits per heavy atom. The molecule has 2 nitrogen and oxygen atoms in total. The summed E-state index contributed by atoms with van der Waals surface area (Å²) in [6.45, 7) is 13.7. The fraction of sp³-hybridized carbons (Fsp3) is 0.684. The Balaban J connectivity index is 2.63. The van der Waals surface area contributed by atoms with Crippen molar-refractivity contribution < 1.29 is 0 Å². The lowest BCUT2D eigenvalue weighted by Gasteiger charge is -2.26. The van der Waals surface area contributed by atoms with Crippen molar-refractivity contribution in [2.24, 2.45) is 0 Å². The summed E-state index contributed by atoms with van der Waals surface area (Å²) in [4.78, 5) is 2.59. The van der Waals surface area contributed by atoms with E-state index in [0.717, 1.165) is 13.1 Å². The van der Waals surface area contributed by atoms with Gasteiger partial charge in [-0.25, -0.2) is 0 Å². The van der Waals surface area contributed by atoms with E-state index in [9.17, 15) is 0 Å². The number of rotatable bonds is 11. The van der Waals surface area contributed by atoms with Crippen LogP contribution in [0.4, 0.5) is 0 Å². The van der Waals surface area contributed by atoms with E-state index >= 15 is 0 Å². The molecule has 2 heteroatoms. The molecule has 1 aromatic rings. The van der Waals surface area contributed by atoms with Crippen molar-refractivity contribution in [3.63, 3.8) is 0 Å². The van der Waals surface area contributed by atoms with E-state index < -0.39 is 0 Å². The van der Waals surface area contributed by atoms with E-state index in [2.05, 4.69) is 62.2 Å². The standard InChI is InChI=1S/C19H34N2/c1-5-8-15-21(7-3)16-13-19(20-14-6-2)18-12-10-9-11-17(18)4/h9-12,19-20H,5-8,13-16H2,1-4H3. The van der Waals surface area contributed by atoms with Crippen molar-refractivity contribution in [3.05, 3.63) is 35.4 Å². The van der Waals surface area contributed by atoms with Crippen LogP contribution < -0.4 is 5.32 Å². The van der Waals surface area contributed by atoms with Crippen LogP contribution in [-0.2, 0) is 0 Å². The highest BCUT2D eigenvalue weighted by Crippen LogP contribution is 2.21. The largest absolute Gasteiger partial charge is 0.310 e. The Morgan fingerprint density at radius 3 is 2.43 bits per heavy atom. The molecule has 0 aliphatic heterocycles. The molecular weight excluding hydrogens is 256 g/mol. The molecule has 0 heterocycles. The van der Waals surface area contributed by atoms with E-state index in [1.807, 2.05) is 0 Å². The maximum absolute atomic E-state index is 3.74. The van der Waals surface area contributed by atoms with Crippen LogP contribution in [0.3, 0.4) is 0 Å². The number of nitrogens with one attached hydrogen (secondary N) is 1. The summed E-state index contributed by atoms with van der Waals surface area (Å²) in [6.07, 6.45) is 4.98. The first kappa shape index (κ1) is 18.2. The maximum atomic E-state index is 3.74. The van der Waals surface area contributed by atoms with Crippen molar-refractivity contribution in [1.82, 2.24) is 10.2 Å². The Labute approximate surface area is 131 Å². The first-order chi connectivity index (χ1) is 10.2. The van der Waals surface area contributed by atoms with Crippen molar-refractivity contribution in [3.8, 4) is 0 Å². The molecule has 0 saturated heterocycles. The molecule has 1 atom stereocenters. The van der Waals surface area contributed by atoms with Gasteiger partial charge in [-0.1, -0.05) is 51.5 Å². The van der Waals surface area contributed by atoms with Gasteiger partial charge in [-0.05, 0) is 63.5 Å². The molecule has 0 aromatic heterocycles. The molecule has 1 rings (SSSR count). The van der Waals surface area contributed by atoms with Crippen molar-refractivity contribution in [1.29, 1.82) is 0 Å². The highest BCUT2D eigenvalue weighted by Gasteiger charge is 2.14. The molecule has 0 aliphatic rings. The summed E-state index contributed by atoms with van der Waals surface area (Å²) >= 11 is 0. The van der Waals surface area contributed by atoms with E-state index in [1.165, 1.54) is 49.9 Å². The zero-order valence-corrected chi connectivity index (χ0v) is 14.5. The Bertz CT molecular complexity index is 376. The van der Waals surface area contributed by atoms with E-state index in [4.69, 9.17) is 0 Å². The normalized spacial score (nSPS) is 12.8. The minimum atomic E-state index is 0.488. The van der Waals surface area contributed by atoms with Crippen LogP contribution >= 0.6 is 0 Å². The molecule has 0 saturated carbocycles. The fourth-order valence-corrected chi connectivity index (χ4v) is 2.79. The van der Waals surface area contributed by atoms with Gasteiger partial charge in [0.2, 0.25) is 0 Å². The summed E-state index contributed by atoms with van der Waals surface area (Å²) in [5, 5.41) is 3.74. The first-order valence-corrected chi connectivity index (χ1v) is 8.74. The average molecular weight is 290 g/mol. The molecule has 0 amide bonds. The third-order valence-corrected chi connectivity index (χ3v) is 4.21. The number of hydrogen-bond donors (Lipinski definition) is 1. The van der Waals surface area contributed by atoms with Crippen molar-refractivity contribution in [2.45, 2.75) is 59.4 Å². The van der Waals surface area contributed by atoms with Crippen LogP contribution in [0, 0.1) is 6.92 Å². The van der Waals surface area contributed by atoms with Crippen molar-refractivity contribution >= 4 is 0 Å². The van der Waals surface area contributed by atoms with Crippen LogP contribution in [0.2, 0.25) is 0 Å². The maximum Gasteiger partial charge on any atom is 0.0335 e. The zero-order valence-electron chi connectivity index (χ0n) is 14.5. The van der Waals surface area contributed by atoms with Gasteiger partial charge < -0.3 is 10.2 Å². The van der Waals surface area contributed by atoms with Gasteiger partial charge in [-0.15, -0.1) is 0 Å². The molecule has 1 unspecified atom stereocenters. The Kier molecular flexibility index (Phi) is 9.36. The fourth-order valence-electron chi connectivity index (χ4n) is 2.79. The molecule has 0 radical (unpaired) electrons. The molecule has 120 valence electrons. The van der Waals surface area contributed by atoms with Gasteiger partial charge in [0.1, 0.15) is 0 Å². The number of benzene rings is 1. The van der Waals surface area contributed by atoms with Gasteiger partial charge in [0.05, 0.1) is 0 Å². The second-order valence-corrected chi connectivity index (χ2v) is 5.94. The van der Waals surface area contributed by atoms with Gasteiger partial charge in [0, 0.05) is 6.04 Å². The Hall–Kier alpha value is -0.860. The monoisotopic (exact) mass is 290 g/mol. The Morgan fingerprint density at radius 2 is 1.81 bits per heavy atom. The smallest absolute Gasteiger partial charge is 0.0335 e. The second kappa shape index (κ2) is 10.8. The molecule has 0 bridgehead atoms. The molecule has 21 heavy (non-hydrogen) atoms. The summed E-state index contributed by atoms with van der Waals surface area (Å²) in [7, 11) is 0. The summed E-state index contributed by atoms with van der Waals surface area (Å²) in [6, 6.07) is 9.30. The van der Waals surface area contributed by atoms with Gasteiger partial charge in [-0.2, -0.15) is 0 Å². The third kappa shape index (κ3) is 6.62. The second-order valence-electron chi connectivity index (χ2n) is 5.94. The predicted octanol–water partition coefficient (Wildman–Crippen LogP) is 4.55.